The highest BCUT2D eigenvalue weighted by molar-refractivity contribution is 14.1. The zero-order valence-corrected chi connectivity index (χ0v) is 17.9. The van der Waals surface area contributed by atoms with Crippen LogP contribution in [0, 0.1) is 10.7 Å². The van der Waals surface area contributed by atoms with Gasteiger partial charge in [0, 0.05) is 15.6 Å². The zero-order chi connectivity index (χ0) is 15.4. The summed E-state index contributed by atoms with van der Waals surface area (Å²) < 4.78 is 3.22. The minimum Gasteiger partial charge on any atom is -0.508 e. The van der Waals surface area contributed by atoms with Gasteiger partial charge in [-0.2, -0.15) is 0 Å². The molecule has 0 aliphatic carbocycles. The summed E-state index contributed by atoms with van der Waals surface area (Å²) in [7, 11) is 0. The number of carbonyl (C=O) groups is 1. The first-order valence-corrected chi connectivity index (χ1v) is 10.0. The molecule has 3 nitrogen and oxygen atoms in total. The molecule has 0 atom stereocenters. The van der Waals surface area contributed by atoms with Crippen LogP contribution in [0.25, 0.3) is 0 Å². The van der Waals surface area contributed by atoms with E-state index < -0.39 is 0 Å². The number of amides is 1. The summed E-state index contributed by atoms with van der Waals surface area (Å²) in [5.41, 5.74) is 0.868. The number of aromatic hydroxyl groups is 1. The molecule has 0 spiro atoms. The number of carbonyl (C=O) groups excluding carboxylic acids is 1. The second kappa shape index (κ2) is 8.20. The van der Waals surface area contributed by atoms with Crippen LogP contribution in [-0.4, -0.2) is 16.8 Å². The number of phenolic OH excluding ortho intramolecular Hbond substituents is 1. The molecule has 2 aromatic rings. The number of hydrogen-bond donors (Lipinski definition) is 2. The maximum Gasteiger partial charge on any atom is 0.234 e. The Morgan fingerprint density at radius 3 is 2.24 bits per heavy atom. The Morgan fingerprint density at radius 2 is 1.67 bits per heavy atom. The lowest BCUT2D eigenvalue weighted by atomic mass is 10.3. The molecule has 0 bridgehead atoms. The number of rotatable bonds is 4. The Kier molecular flexibility index (Phi) is 6.87. The summed E-state index contributed by atoms with van der Waals surface area (Å²) >= 11 is 8.16. The third-order valence-corrected chi connectivity index (χ3v) is 5.81. The molecule has 0 saturated carbocycles. The molecule has 110 valence electrons. The molecule has 2 rings (SSSR count). The highest BCUT2D eigenvalue weighted by atomic mass is 127. The number of nitrogens with one attached hydrogen (secondary N) is 1. The lowest BCUT2D eigenvalue weighted by Gasteiger charge is -2.10. The molecule has 0 unspecified atom stereocenters. The molecule has 0 radical (unpaired) electrons. The summed E-state index contributed by atoms with van der Waals surface area (Å²) in [6.45, 7) is 0. The van der Waals surface area contributed by atoms with Crippen molar-refractivity contribution in [3.8, 4) is 5.75 Å². The fourth-order valence-electron chi connectivity index (χ4n) is 1.53. The smallest absolute Gasteiger partial charge is 0.234 e. The van der Waals surface area contributed by atoms with Crippen LogP contribution in [-0.2, 0) is 4.79 Å². The standard InChI is InChI=1S/C14H10I3NO2S/c15-8-5-11(16)14(12(17)6-8)18-13(20)7-21-10-3-1-9(19)2-4-10/h1-6,19H,7H2,(H,18,20). The van der Waals surface area contributed by atoms with E-state index in [0.29, 0.717) is 5.75 Å². The molecular formula is C14H10I3NO2S. The van der Waals surface area contributed by atoms with Crippen LogP contribution in [0.3, 0.4) is 0 Å². The quantitative estimate of drug-likeness (QED) is 0.370. The van der Waals surface area contributed by atoms with Gasteiger partial charge in [0.25, 0.3) is 0 Å². The Hall–Kier alpha value is 0.250. The van der Waals surface area contributed by atoms with Gasteiger partial charge in [0.05, 0.1) is 11.4 Å². The molecule has 1 amide bonds. The molecule has 0 aromatic heterocycles. The van der Waals surface area contributed by atoms with Gasteiger partial charge in [-0.1, -0.05) is 0 Å². The molecule has 0 saturated heterocycles. The van der Waals surface area contributed by atoms with Gasteiger partial charge < -0.3 is 10.4 Å². The van der Waals surface area contributed by atoms with Gasteiger partial charge in [0.2, 0.25) is 5.91 Å². The summed E-state index contributed by atoms with van der Waals surface area (Å²) in [5, 5.41) is 12.2. The number of benzene rings is 2. The summed E-state index contributed by atoms with van der Waals surface area (Å²) in [5.74, 6) is 0.528. The van der Waals surface area contributed by atoms with Gasteiger partial charge >= 0.3 is 0 Å². The van der Waals surface area contributed by atoms with E-state index in [1.54, 1.807) is 24.3 Å². The van der Waals surface area contributed by atoms with Crippen LogP contribution in [0.2, 0.25) is 0 Å². The van der Waals surface area contributed by atoms with Gasteiger partial charge in [0.15, 0.2) is 0 Å². The molecule has 0 fully saturated rings. The van der Waals surface area contributed by atoms with Crippen molar-refractivity contribution >= 4 is 91.1 Å². The van der Waals surface area contributed by atoms with Crippen molar-refractivity contribution in [1.82, 2.24) is 0 Å². The van der Waals surface area contributed by atoms with E-state index in [1.165, 1.54) is 11.8 Å². The third-order valence-electron chi connectivity index (χ3n) is 2.48. The molecule has 2 aromatic carbocycles. The maximum atomic E-state index is 12.1. The van der Waals surface area contributed by atoms with Crippen LogP contribution < -0.4 is 5.32 Å². The molecule has 7 heteroatoms. The Bertz CT molecular complexity index is 639. The molecule has 21 heavy (non-hydrogen) atoms. The van der Waals surface area contributed by atoms with E-state index in [1.807, 2.05) is 12.1 Å². The van der Waals surface area contributed by atoms with Crippen LogP contribution in [0.4, 0.5) is 5.69 Å². The van der Waals surface area contributed by atoms with Crippen molar-refractivity contribution < 1.29 is 9.90 Å². The van der Waals surface area contributed by atoms with E-state index >= 15 is 0 Å². The van der Waals surface area contributed by atoms with Crippen molar-refractivity contribution in [3.63, 3.8) is 0 Å². The normalized spacial score (nSPS) is 10.4. The fraction of sp³-hybridized carbons (Fsp3) is 0.0714. The average Bonchev–Trinajstić information content (AvgIpc) is 2.42. The predicted molar refractivity (Wildman–Crippen MR) is 112 cm³/mol. The van der Waals surface area contributed by atoms with Crippen LogP contribution >= 0.6 is 79.5 Å². The predicted octanol–water partition coefficient (Wildman–Crippen LogP) is 4.94. The first-order valence-electron chi connectivity index (χ1n) is 5.82. The van der Waals surface area contributed by atoms with E-state index in [9.17, 15) is 9.90 Å². The van der Waals surface area contributed by atoms with Crippen LogP contribution in [0.15, 0.2) is 41.3 Å². The summed E-state index contributed by atoms with van der Waals surface area (Å²) in [6, 6.07) is 10.9. The van der Waals surface area contributed by atoms with Gasteiger partial charge in [-0.15, -0.1) is 11.8 Å². The van der Waals surface area contributed by atoms with Gasteiger partial charge in [-0.3, -0.25) is 4.79 Å². The van der Waals surface area contributed by atoms with Crippen molar-refractivity contribution in [1.29, 1.82) is 0 Å². The van der Waals surface area contributed by atoms with Crippen LogP contribution in [0.1, 0.15) is 0 Å². The van der Waals surface area contributed by atoms with E-state index in [4.69, 9.17) is 0 Å². The Balaban J connectivity index is 1.97. The Morgan fingerprint density at radius 1 is 1.10 bits per heavy atom. The SMILES string of the molecule is O=C(CSc1ccc(O)cc1)Nc1c(I)cc(I)cc1I. The molecule has 0 heterocycles. The van der Waals surface area contributed by atoms with E-state index in [-0.39, 0.29) is 11.7 Å². The zero-order valence-electron chi connectivity index (χ0n) is 10.6. The number of thioether (sulfide) groups is 1. The monoisotopic (exact) mass is 637 g/mol. The number of halogens is 3. The van der Waals surface area contributed by atoms with Crippen molar-refractivity contribution in [2.45, 2.75) is 4.90 Å². The van der Waals surface area contributed by atoms with Gasteiger partial charge in [-0.25, -0.2) is 0 Å². The second-order valence-electron chi connectivity index (χ2n) is 4.08. The van der Waals surface area contributed by atoms with Crippen molar-refractivity contribution in [3.05, 3.63) is 47.1 Å². The number of hydrogen-bond acceptors (Lipinski definition) is 3. The van der Waals surface area contributed by atoms with Gasteiger partial charge in [-0.05, 0) is 104 Å². The minimum atomic E-state index is -0.0369. The minimum absolute atomic E-state index is 0.0369. The molecular weight excluding hydrogens is 627 g/mol. The number of anilines is 1. The highest BCUT2D eigenvalue weighted by Gasteiger charge is 2.10. The fourth-order valence-corrected chi connectivity index (χ4v) is 6.08. The number of phenols is 1. The Labute approximate surface area is 168 Å². The first kappa shape index (κ1) is 17.6. The highest BCUT2D eigenvalue weighted by Crippen LogP contribution is 2.28. The van der Waals surface area contributed by atoms with E-state index in [2.05, 4.69) is 73.1 Å². The average molecular weight is 637 g/mol. The van der Waals surface area contributed by atoms with Gasteiger partial charge in [0.1, 0.15) is 5.75 Å². The lowest BCUT2D eigenvalue weighted by Crippen LogP contribution is -2.16. The summed E-state index contributed by atoms with van der Waals surface area (Å²) in [4.78, 5) is 13.0. The molecule has 0 aliphatic rings. The second-order valence-corrected chi connectivity index (χ2v) is 8.69. The van der Waals surface area contributed by atoms with Crippen molar-refractivity contribution in [2.24, 2.45) is 0 Å². The third kappa shape index (κ3) is 5.43. The van der Waals surface area contributed by atoms with Crippen molar-refractivity contribution in [2.75, 3.05) is 11.1 Å². The summed E-state index contributed by atoms with van der Waals surface area (Å²) in [6.07, 6.45) is 0. The first-order chi connectivity index (χ1) is 9.95. The van der Waals surface area contributed by atoms with Crippen LogP contribution in [0.5, 0.6) is 5.75 Å². The molecule has 2 N–H and O–H groups in total. The maximum absolute atomic E-state index is 12.1. The largest absolute Gasteiger partial charge is 0.508 e. The topological polar surface area (TPSA) is 49.3 Å². The molecule has 0 aliphatic heterocycles. The van der Waals surface area contributed by atoms with E-state index in [0.717, 1.165) is 21.3 Å². The lowest BCUT2D eigenvalue weighted by molar-refractivity contribution is -0.113.